The molecule has 1 rings (SSSR count). The zero-order valence-electron chi connectivity index (χ0n) is 10.0. The van der Waals surface area contributed by atoms with Gasteiger partial charge in [-0.2, -0.15) is 0 Å². The summed E-state index contributed by atoms with van der Waals surface area (Å²) >= 11 is 12.0. The van der Waals surface area contributed by atoms with Gasteiger partial charge in [0.15, 0.2) is 5.75 Å². The number of nitrogens with one attached hydrogen (secondary N) is 1. The van der Waals surface area contributed by atoms with Crippen molar-refractivity contribution in [2.24, 2.45) is 5.92 Å². The number of amides is 1. The van der Waals surface area contributed by atoms with Crippen LogP contribution in [0.2, 0.25) is 10.0 Å². The molecule has 0 aromatic heterocycles. The topological polar surface area (TPSA) is 38.3 Å². The summed E-state index contributed by atoms with van der Waals surface area (Å²) < 4.78 is 5.30. The van der Waals surface area contributed by atoms with Gasteiger partial charge in [-0.25, -0.2) is 0 Å². The smallest absolute Gasteiger partial charge is 0.226 e. The summed E-state index contributed by atoms with van der Waals surface area (Å²) in [5, 5.41) is 3.50. The van der Waals surface area contributed by atoms with Crippen molar-refractivity contribution in [1.29, 1.82) is 0 Å². The van der Waals surface area contributed by atoms with Gasteiger partial charge < -0.3 is 10.1 Å². The molecule has 1 aromatic carbocycles. The molecule has 5 heteroatoms. The van der Waals surface area contributed by atoms with Gasteiger partial charge in [-0.15, -0.1) is 0 Å². The van der Waals surface area contributed by atoms with Crippen molar-refractivity contribution >= 4 is 34.8 Å². The van der Waals surface area contributed by atoms with Gasteiger partial charge in [-0.3, -0.25) is 4.79 Å². The van der Waals surface area contributed by atoms with E-state index in [1.54, 1.807) is 12.1 Å². The third kappa shape index (κ3) is 3.79. The highest BCUT2D eigenvalue weighted by atomic mass is 35.5. The van der Waals surface area contributed by atoms with Crippen molar-refractivity contribution in [2.75, 3.05) is 11.9 Å². The lowest BCUT2D eigenvalue weighted by atomic mass is 10.2. The van der Waals surface area contributed by atoms with Crippen LogP contribution in [0, 0.1) is 5.92 Å². The minimum atomic E-state index is -0.0980. The van der Waals surface area contributed by atoms with Gasteiger partial charge in [-0.1, -0.05) is 37.0 Å². The largest absolute Gasteiger partial charge is 0.491 e. The molecule has 17 heavy (non-hydrogen) atoms. The molecule has 0 saturated heterocycles. The molecule has 94 valence electrons. The lowest BCUT2D eigenvalue weighted by Gasteiger charge is -2.12. The number of hydrogen-bond donors (Lipinski definition) is 1. The van der Waals surface area contributed by atoms with Crippen LogP contribution >= 0.6 is 23.2 Å². The first-order valence-electron chi connectivity index (χ1n) is 5.38. The Morgan fingerprint density at radius 2 is 1.88 bits per heavy atom. The maximum absolute atomic E-state index is 11.5. The monoisotopic (exact) mass is 275 g/mol. The Morgan fingerprint density at radius 1 is 1.35 bits per heavy atom. The molecule has 0 atom stereocenters. The predicted octanol–water partition coefficient (Wildman–Crippen LogP) is 3.99. The SMILES string of the molecule is CCOc1c(Cl)cc(NC(=O)C(C)C)cc1Cl. The van der Waals surface area contributed by atoms with Crippen molar-refractivity contribution in [3.8, 4) is 5.75 Å². The fraction of sp³-hybridized carbons (Fsp3) is 0.417. The van der Waals surface area contributed by atoms with Crippen molar-refractivity contribution in [2.45, 2.75) is 20.8 Å². The number of carbonyl (C=O) groups excluding carboxylic acids is 1. The van der Waals surface area contributed by atoms with E-state index < -0.39 is 0 Å². The number of benzene rings is 1. The Balaban J connectivity index is 2.94. The zero-order chi connectivity index (χ0) is 13.0. The van der Waals surface area contributed by atoms with Crippen LogP contribution in [0.4, 0.5) is 5.69 Å². The van der Waals surface area contributed by atoms with Gasteiger partial charge in [0.2, 0.25) is 5.91 Å². The molecular formula is C12H15Cl2NO2. The Bertz CT molecular complexity index is 396. The van der Waals surface area contributed by atoms with Crippen LogP contribution in [-0.2, 0) is 4.79 Å². The molecule has 0 saturated carbocycles. The van der Waals surface area contributed by atoms with E-state index >= 15 is 0 Å². The summed E-state index contributed by atoms with van der Waals surface area (Å²) in [7, 11) is 0. The molecule has 3 nitrogen and oxygen atoms in total. The molecule has 0 radical (unpaired) electrons. The second-order valence-electron chi connectivity index (χ2n) is 3.85. The molecule has 0 unspecified atom stereocenters. The Hall–Kier alpha value is -0.930. The summed E-state index contributed by atoms with van der Waals surface area (Å²) in [5.41, 5.74) is 0.571. The van der Waals surface area contributed by atoms with Gasteiger partial charge in [-0.05, 0) is 19.1 Å². The van der Waals surface area contributed by atoms with E-state index in [4.69, 9.17) is 27.9 Å². The number of hydrogen-bond acceptors (Lipinski definition) is 2. The third-order valence-corrected chi connectivity index (χ3v) is 2.64. The number of ether oxygens (including phenoxy) is 1. The summed E-state index contributed by atoms with van der Waals surface area (Å²) in [6.07, 6.45) is 0. The number of rotatable bonds is 4. The van der Waals surface area contributed by atoms with Crippen LogP contribution < -0.4 is 10.1 Å². The van der Waals surface area contributed by atoms with E-state index in [9.17, 15) is 4.79 Å². The first-order chi connectivity index (χ1) is 7.95. The number of anilines is 1. The molecule has 1 aromatic rings. The van der Waals surface area contributed by atoms with E-state index in [0.29, 0.717) is 28.1 Å². The van der Waals surface area contributed by atoms with Crippen LogP contribution in [0.15, 0.2) is 12.1 Å². The Morgan fingerprint density at radius 3 is 2.29 bits per heavy atom. The maximum atomic E-state index is 11.5. The van der Waals surface area contributed by atoms with Crippen LogP contribution in [-0.4, -0.2) is 12.5 Å². The zero-order valence-corrected chi connectivity index (χ0v) is 11.5. The average Bonchev–Trinajstić information content (AvgIpc) is 2.23. The van der Waals surface area contributed by atoms with E-state index in [1.807, 2.05) is 20.8 Å². The maximum Gasteiger partial charge on any atom is 0.226 e. The van der Waals surface area contributed by atoms with Gasteiger partial charge in [0.05, 0.1) is 16.7 Å². The van der Waals surface area contributed by atoms with Gasteiger partial charge in [0.1, 0.15) is 0 Å². The molecule has 0 spiro atoms. The van der Waals surface area contributed by atoms with Gasteiger partial charge in [0.25, 0.3) is 0 Å². The van der Waals surface area contributed by atoms with E-state index in [1.165, 1.54) is 0 Å². The standard InChI is InChI=1S/C12H15Cl2NO2/c1-4-17-11-9(13)5-8(6-10(11)14)15-12(16)7(2)3/h5-7H,4H2,1-3H3,(H,15,16). The average molecular weight is 276 g/mol. The molecule has 0 heterocycles. The van der Waals surface area contributed by atoms with Gasteiger partial charge >= 0.3 is 0 Å². The summed E-state index contributed by atoms with van der Waals surface area (Å²) in [6.45, 7) is 5.96. The minimum absolute atomic E-state index is 0.0821. The fourth-order valence-electron chi connectivity index (χ4n) is 1.20. The Kier molecular flexibility index (Phi) is 5.09. The fourth-order valence-corrected chi connectivity index (χ4v) is 1.80. The molecule has 0 aliphatic carbocycles. The molecule has 0 aliphatic heterocycles. The molecule has 1 N–H and O–H groups in total. The molecular weight excluding hydrogens is 261 g/mol. The van der Waals surface area contributed by atoms with Crippen molar-refractivity contribution in [3.63, 3.8) is 0 Å². The second-order valence-corrected chi connectivity index (χ2v) is 4.66. The number of carbonyl (C=O) groups is 1. The quantitative estimate of drug-likeness (QED) is 0.903. The highest BCUT2D eigenvalue weighted by molar-refractivity contribution is 6.37. The van der Waals surface area contributed by atoms with Crippen molar-refractivity contribution in [3.05, 3.63) is 22.2 Å². The van der Waals surface area contributed by atoms with Crippen molar-refractivity contribution in [1.82, 2.24) is 0 Å². The summed E-state index contributed by atoms with van der Waals surface area (Å²) in [6, 6.07) is 3.25. The minimum Gasteiger partial charge on any atom is -0.491 e. The van der Waals surface area contributed by atoms with E-state index in [0.717, 1.165) is 0 Å². The highest BCUT2D eigenvalue weighted by Gasteiger charge is 2.12. The molecule has 0 aliphatic rings. The predicted molar refractivity (Wildman–Crippen MR) is 71.1 cm³/mol. The lowest BCUT2D eigenvalue weighted by Crippen LogP contribution is -2.17. The van der Waals surface area contributed by atoms with Crippen molar-refractivity contribution < 1.29 is 9.53 Å². The first-order valence-corrected chi connectivity index (χ1v) is 6.14. The van der Waals surface area contributed by atoms with Crippen LogP contribution in [0.5, 0.6) is 5.75 Å². The normalized spacial score (nSPS) is 10.5. The molecule has 0 fully saturated rings. The lowest BCUT2D eigenvalue weighted by molar-refractivity contribution is -0.118. The first kappa shape index (κ1) is 14.1. The summed E-state index contributed by atoms with van der Waals surface area (Å²) in [5.74, 6) is 0.263. The van der Waals surface area contributed by atoms with Crippen LogP contribution in [0.1, 0.15) is 20.8 Å². The van der Waals surface area contributed by atoms with Gasteiger partial charge in [0, 0.05) is 11.6 Å². The number of halogens is 2. The summed E-state index contributed by atoms with van der Waals surface area (Å²) in [4.78, 5) is 11.5. The highest BCUT2D eigenvalue weighted by Crippen LogP contribution is 2.36. The van der Waals surface area contributed by atoms with E-state index in [-0.39, 0.29) is 11.8 Å². The molecule has 1 amide bonds. The third-order valence-electron chi connectivity index (χ3n) is 2.08. The second kappa shape index (κ2) is 6.12. The van der Waals surface area contributed by atoms with E-state index in [2.05, 4.69) is 5.32 Å². The van der Waals surface area contributed by atoms with Crippen LogP contribution in [0.25, 0.3) is 0 Å². The Labute approximate surface area is 111 Å². The van der Waals surface area contributed by atoms with Crippen LogP contribution in [0.3, 0.4) is 0 Å². The molecule has 0 bridgehead atoms.